The van der Waals surface area contributed by atoms with Crippen molar-refractivity contribution in [3.63, 3.8) is 0 Å². The molecule has 4 nitrogen and oxygen atoms in total. The molecule has 0 aromatic heterocycles. The highest BCUT2D eigenvalue weighted by molar-refractivity contribution is 5.88. The molecule has 4 heteroatoms. The topological polar surface area (TPSA) is 47.6 Å². The normalized spacial score (nSPS) is 11.8. The summed E-state index contributed by atoms with van der Waals surface area (Å²) >= 11 is 0. The van der Waals surface area contributed by atoms with Crippen LogP contribution >= 0.6 is 0 Å². The zero-order valence-electron chi connectivity index (χ0n) is 16.0. The van der Waals surface area contributed by atoms with Crippen molar-refractivity contribution < 1.29 is 14.3 Å². The van der Waals surface area contributed by atoms with Gasteiger partial charge >= 0.3 is 0 Å². The molecule has 3 aromatic rings. The second-order valence-corrected chi connectivity index (χ2v) is 6.57. The molecule has 1 atom stereocenters. The van der Waals surface area contributed by atoms with Crippen LogP contribution in [0.25, 0.3) is 10.8 Å². The zero-order chi connectivity index (χ0) is 19.2. The van der Waals surface area contributed by atoms with Gasteiger partial charge in [0.05, 0.1) is 6.54 Å². The Morgan fingerprint density at radius 2 is 1.67 bits per heavy atom. The quantitative estimate of drug-likeness (QED) is 0.632. The van der Waals surface area contributed by atoms with Crippen LogP contribution in [0.2, 0.25) is 0 Å². The van der Waals surface area contributed by atoms with Gasteiger partial charge in [-0.2, -0.15) is 0 Å². The van der Waals surface area contributed by atoms with E-state index in [0.29, 0.717) is 13.2 Å². The lowest BCUT2D eigenvalue weighted by Crippen LogP contribution is -2.38. The smallest absolute Gasteiger partial charge is 0.260 e. The van der Waals surface area contributed by atoms with Gasteiger partial charge < -0.3 is 14.8 Å². The summed E-state index contributed by atoms with van der Waals surface area (Å²) in [6.45, 7) is 6.59. The SMILES string of the molecule is Cc1cccc(OC(C)C(=O)NCCOc2cccc3ccccc23)c1C. The van der Waals surface area contributed by atoms with Crippen LogP contribution in [-0.2, 0) is 4.79 Å². The molecule has 140 valence electrons. The maximum absolute atomic E-state index is 12.3. The third kappa shape index (κ3) is 4.59. The van der Waals surface area contributed by atoms with Gasteiger partial charge in [-0.15, -0.1) is 0 Å². The number of hydrogen-bond donors (Lipinski definition) is 1. The Bertz CT molecular complexity index is 931. The van der Waals surface area contributed by atoms with Gasteiger partial charge in [-0.25, -0.2) is 0 Å². The Labute approximate surface area is 160 Å². The Hall–Kier alpha value is -3.01. The molecule has 27 heavy (non-hydrogen) atoms. The van der Waals surface area contributed by atoms with E-state index in [9.17, 15) is 4.79 Å². The number of aryl methyl sites for hydroxylation is 1. The molecular weight excluding hydrogens is 338 g/mol. The van der Waals surface area contributed by atoms with E-state index in [1.807, 2.05) is 62.4 Å². The Kier molecular flexibility index (Phi) is 5.97. The van der Waals surface area contributed by atoms with Crippen molar-refractivity contribution in [3.05, 3.63) is 71.8 Å². The molecule has 0 heterocycles. The van der Waals surface area contributed by atoms with Gasteiger partial charge in [0.1, 0.15) is 18.1 Å². The number of hydrogen-bond acceptors (Lipinski definition) is 3. The highest BCUT2D eigenvalue weighted by Gasteiger charge is 2.15. The Morgan fingerprint density at radius 3 is 2.52 bits per heavy atom. The first-order chi connectivity index (χ1) is 13.1. The number of nitrogens with one attached hydrogen (secondary N) is 1. The summed E-state index contributed by atoms with van der Waals surface area (Å²) in [6, 6.07) is 19.9. The van der Waals surface area contributed by atoms with Crippen molar-refractivity contribution in [2.75, 3.05) is 13.2 Å². The van der Waals surface area contributed by atoms with Crippen LogP contribution in [0.1, 0.15) is 18.1 Å². The molecule has 3 aromatic carbocycles. The maximum atomic E-state index is 12.3. The van der Waals surface area contributed by atoms with E-state index >= 15 is 0 Å². The molecule has 1 amide bonds. The van der Waals surface area contributed by atoms with E-state index < -0.39 is 6.10 Å². The lowest BCUT2D eigenvalue weighted by Gasteiger charge is -2.17. The Balaban J connectivity index is 1.50. The van der Waals surface area contributed by atoms with Crippen LogP contribution in [0, 0.1) is 13.8 Å². The monoisotopic (exact) mass is 363 g/mol. The summed E-state index contributed by atoms with van der Waals surface area (Å²) in [7, 11) is 0. The molecule has 1 unspecified atom stereocenters. The largest absolute Gasteiger partial charge is 0.491 e. The average Bonchev–Trinajstić information content (AvgIpc) is 2.68. The minimum atomic E-state index is -0.567. The molecule has 1 N–H and O–H groups in total. The van der Waals surface area contributed by atoms with Gasteiger partial charge in [-0.3, -0.25) is 4.79 Å². The summed E-state index contributed by atoms with van der Waals surface area (Å²) in [5, 5.41) is 5.07. The molecule has 0 spiro atoms. The number of rotatable bonds is 7. The van der Waals surface area contributed by atoms with Crippen molar-refractivity contribution in [3.8, 4) is 11.5 Å². The molecule has 3 rings (SSSR count). The van der Waals surface area contributed by atoms with Gasteiger partial charge in [0.25, 0.3) is 5.91 Å². The minimum Gasteiger partial charge on any atom is -0.491 e. The van der Waals surface area contributed by atoms with Crippen LogP contribution < -0.4 is 14.8 Å². The summed E-state index contributed by atoms with van der Waals surface area (Å²) in [4.78, 5) is 12.3. The lowest BCUT2D eigenvalue weighted by atomic mass is 10.1. The summed E-state index contributed by atoms with van der Waals surface area (Å²) in [6.07, 6.45) is -0.567. The molecule has 0 bridgehead atoms. The fraction of sp³-hybridized carbons (Fsp3) is 0.261. The molecule has 0 radical (unpaired) electrons. The summed E-state index contributed by atoms with van der Waals surface area (Å²) in [5.41, 5.74) is 2.19. The van der Waals surface area contributed by atoms with E-state index in [1.165, 1.54) is 0 Å². The van der Waals surface area contributed by atoms with Crippen LogP contribution in [-0.4, -0.2) is 25.2 Å². The van der Waals surface area contributed by atoms with Crippen molar-refractivity contribution in [1.82, 2.24) is 5.32 Å². The zero-order valence-corrected chi connectivity index (χ0v) is 16.0. The van der Waals surface area contributed by atoms with E-state index in [1.54, 1.807) is 6.92 Å². The Morgan fingerprint density at radius 1 is 0.963 bits per heavy atom. The van der Waals surface area contributed by atoms with Crippen LogP contribution in [0.3, 0.4) is 0 Å². The van der Waals surface area contributed by atoms with E-state index in [-0.39, 0.29) is 5.91 Å². The second-order valence-electron chi connectivity index (χ2n) is 6.57. The number of fused-ring (bicyclic) bond motifs is 1. The van der Waals surface area contributed by atoms with Crippen LogP contribution in [0.15, 0.2) is 60.7 Å². The number of amides is 1. The van der Waals surface area contributed by atoms with Crippen molar-refractivity contribution in [2.45, 2.75) is 26.9 Å². The first-order valence-corrected chi connectivity index (χ1v) is 9.17. The summed E-state index contributed by atoms with van der Waals surface area (Å²) < 4.78 is 11.7. The lowest BCUT2D eigenvalue weighted by molar-refractivity contribution is -0.127. The van der Waals surface area contributed by atoms with Gasteiger partial charge in [-0.1, -0.05) is 48.5 Å². The van der Waals surface area contributed by atoms with E-state index in [2.05, 4.69) is 17.4 Å². The van der Waals surface area contributed by atoms with Gasteiger partial charge in [-0.05, 0) is 49.4 Å². The van der Waals surface area contributed by atoms with E-state index in [4.69, 9.17) is 9.47 Å². The fourth-order valence-corrected chi connectivity index (χ4v) is 2.90. The molecular formula is C23H25NO3. The van der Waals surface area contributed by atoms with Crippen molar-refractivity contribution in [2.24, 2.45) is 0 Å². The van der Waals surface area contributed by atoms with Gasteiger partial charge in [0.2, 0.25) is 0 Å². The first-order valence-electron chi connectivity index (χ1n) is 9.17. The number of carbonyl (C=O) groups is 1. The standard InChI is InChI=1S/C23H25NO3/c1-16-8-6-12-21(17(16)2)27-18(3)23(25)24-14-15-26-22-13-7-10-19-9-4-5-11-20(19)22/h4-13,18H,14-15H2,1-3H3,(H,24,25). The third-order valence-corrected chi connectivity index (χ3v) is 4.64. The third-order valence-electron chi connectivity index (χ3n) is 4.64. The summed E-state index contributed by atoms with van der Waals surface area (Å²) in [5.74, 6) is 1.41. The van der Waals surface area contributed by atoms with Gasteiger partial charge in [0, 0.05) is 5.39 Å². The molecule has 0 aliphatic heterocycles. The molecule has 0 aliphatic carbocycles. The highest BCUT2D eigenvalue weighted by Crippen LogP contribution is 2.25. The van der Waals surface area contributed by atoms with Crippen molar-refractivity contribution >= 4 is 16.7 Å². The molecule has 0 saturated carbocycles. The average molecular weight is 363 g/mol. The predicted molar refractivity (Wildman–Crippen MR) is 108 cm³/mol. The number of benzene rings is 3. The van der Waals surface area contributed by atoms with Crippen LogP contribution in [0.4, 0.5) is 0 Å². The maximum Gasteiger partial charge on any atom is 0.260 e. The highest BCUT2D eigenvalue weighted by atomic mass is 16.5. The van der Waals surface area contributed by atoms with Crippen LogP contribution in [0.5, 0.6) is 11.5 Å². The molecule has 0 fully saturated rings. The molecule has 0 aliphatic rings. The second kappa shape index (κ2) is 8.58. The van der Waals surface area contributed by atoms with Crippen molar-refractivity contribution in [1.29, 1.82) is 0 Å². The minimum absolute atomic E-state index is 0.155. The van der Waals surface area contributed by atoms with Gasteiger partial charge in [0.15, 0.2) is 6.10 Å². The number of ether oxygens (including phenoxy) is 2. The predicted octanol–water partition coefficient (Wildman–Crippen LogP) is 4.42. The number of carbonyl (C=O) groups excluding carboxylic acids is 1. The first kappa shape index (κ1) is 18.8. The fourth-order valence-electron chi connectivity index (χ4n) is 2.90. The van der Waals surface area contributed by atoms with E-state index in [0.717, 1.165) is 33.4 Å². The molecule has 0 saturated heterocycles.